The van der Waals surface area contributed by atoms with Crippen LogP contribution in [0.5, 0.6) is 0 Å². The number of nitrogens with zero attached hydrogens (tertiary/aromatic N) is 2. The van der Waals surface area contributed by atoms with E-state index in [9.17, 15) is 0 Å². The Kier molecular flexibility index (Phi) is 6.14. The van der Waals surface area contributed by atoms with Crippen LogP contribution in [0.4, 0.5) is 5.69 Å². The molecule has 0 aliphatic carbocycles. The fourth-order valence-corrected chi connectivity index (χ4v) is 2.82. The molecule has 1 saturated heterocycles. The maximum Gasteiger partial charge on any atom is 0.0407 e. The molecule has 0 aromatic heterocycles. The van der Waals surface area contributed by atoms with Crippen LogP contribution in [-0.2, 0) is 0 Å². The smallest absolute Gasteiger partial charge is 0.0407 e. The third-order valence-electron chi connectivity index (χ3n) is 4.00. The monoisotopic (exact) mass is 295 g/mol. The first-order valence-electron chi connectivity index (χ1n) is 7.66. The van der Waals surface area contributed by atoms with Gasteiger partial charge in [0, 0.05) is 49.5 Å². The van der Waals surface area contributed by atoms with Gasteiger partial charge in [0.2, 0.25) is 0 Å². The van der Waals surface area contributed by atoms with Gasteiger partial charge >= 0.3 is 0 Å². The molecule has 4 heteroatoms. The van der Waals surface area contributed by atoms with Gasteiger partial charge in [-0.15, -0.1) is 0 Å². The van der Waals surface area contributed by atoms with Crippen LogP contribution in [-0.4, -0.2) is 50.2 Å². The summed E-state index contributed by atoms with van der Waals surface area (Å²) in [7, 11) is 0. The summed E-state index contributed by atoms with van der Waals surface area (Å²) in [5, 5.41) is 4.32. The van der Waals surface area contributed by atoms with Gasteiger partial charge < -0.3 is 10.2 Å². The molecular formula is C16H26ClN3. The molecular weight excluding hydrogens is 270 g/mol. The molecule has 1 aliphatic heterocycles. The fourth-order valence-electron chi connectivity index (χ4n) is 2.69. The molecule has 0 spiro atoms. The average Bonchev–Trinajstić information content (AvgIpc) is 2.48. The van der Waals surface area contributed by atoms with E-state index in [1.54, 1.807) is 0 Å². The van der Waals surface area contributed by atoms with Gasteiger partial charge in [-0.05, 0) is 44.2 Å². The first-order valence-corrected chi connectivity index (χ1v) is 8.03. The molecule has 3 nitrogen and oxygen atoms in total. The zero-order valence-electron chi connectivity index (χ0n) is 12.6. The van der Waals surface area contributed by atoms with E-state index in [2.05, 4.69) is 41.1 Å². The van der Waals surface area contributed by atoms with Gasteiger partial charge in [-0.25, -0.2) is 0 Å². The van der Waals surface area contributed by atoms with Crippen molar-refractivity contribution in [1.82, 2.24) is 10.2 Å². The predicted octanol–water partition coefficient (Wildman–Crippen LogP) is 2.85. The quantitative estimate of drug-likeness (QED) is 0.814. The zero-order chi connectivity index (χ0) is 14.4. The Balaban J connectivity index is 1.78. The Labute approximate surface area is 127 Å². The summed E-state index contributed by atoms with van der Waals surface area (Å²) in [6.45, 7) is 11.2. The number of hydrogen-bond donors (Lipinski definition) is 1. The molecule has 112 valence electrons. The highest BCUT2D eigenvalue weighted by atomic mass is 35.5. The molecule has 1 fully saturated rings. The predicted molar refractivity (Wildman–Crippen MR) is 87.9 cm³/mol. The summed E-state index contributed by atoms with van der Waals surface area (Å²) in [5.41, 5.74) is 1.28. The average molecular weight is 296 g/mol. The van der Waals surface area contributed by atoms with Crippen LogP contribution < -0.4 is 10.2 Å². The Morgan fingerprint density at radius 1 is 1.15 bits per heavy atom. The maximum absolute atomic E-state index is 5.94. The van der Waals surface area contributed by atoms with Crippen molar-refractivity contribution in [3.63, 3.8) is 0 Å². The van der Waals surface area contributed by atoms with Gasteiger partial charge in [-0.2, -0.15) is 0 Å². The maximum atomic E-state index is 5.94. The summed E-state index contributed by atoms with van der Waals surface area (Å²) < 4.78 is 0. The first kappa shape index (κ1) is 15.6. The molecule has 1 aromatic carbocycles. The minimum absolute atomic E-state index is 0.619. The van der Waals surface area contributed by atoms with Crippen molar-refractivity contribution in [2.75, 3.05) is 44.2 Å². The van der Waals surface area contributed by atoms with Gasteiger partial charge in [-0.1, -0.05) is 18.5 Å². The number of piperazine rings is 1. The number of anilines is 1. The molecule has 1 unspecified atom stereocenters. The molecule has 1 aliphatic rings. The van der Waals surface area contributed by atoms with E-state index >= 15 is 0 Å². The molecule has 1 atom stereocenters. The van der Waals surface area contributed by atoms with Gasteiger partial charge in [0.25, 0.3) is 0 Å². The van der Waals surface area contributed by atoms with Gasteiger partial charge in [0.05, 0.1) is 0 Å². The molecule has 0 amide bonds. The van der Waals surface area contributed by atoms with E-state index in [0.717, 1.165) is 44.3 Å². The largest absolute Gasteiger partial charge is 0.369 e. The topological polar surface area (TPSA) is 18.5 Å². The third-order valence-corrected chi connectivity index (χ3v) is 4.25. The van der Waals surface area contributed by atoms with Crippen LogP contribution in [0.1, 0.15) is 20.3 Å². The second-order valence-electron chi connectivity index (χ2n) is 5.55. The van der Waals surface area contributed by atoms with Crippen molar-refractivity contribution in [3.8, 4) is 0 Å². The second-order valence-corrected chi connectivity index (χ2v) is 5.99. The Morgan fingerprint density at radius 3 is 2.40 bits per heavy atom. The zero-order valence-corrected chi connectivity index (χ0v) is 13.4. The Hall–Kier alpha value is -0.770. The number of hydrogen-bond acceptors (Lipinski definition) is 3. The third kappa shape index (κ3) is 4.37. The van der Waals surface area contributed by atoms with Crippen molar-refractivity contribution >= 4 is 17.3 Å². The lowest BCUT2D eigenvalue weighted by atomic mass is 10.2. The van der Waals surface area contributed by atoms with E-state index in [0.29, 0.717) is 6.04 Å². The van der Waals surface area contributed by atoms with Crippen molar-refractivity contribution in [1.29, 1.82) is 0 Å². The van der Waals surface area contributed by atoms with Crippen molar-refractivity contribution in [2.24, 2.45) is 0 Å². The fraction of sp³-hybridized carbons (Fsp3) is 0.625. The van der Waals surface area contributed by atoms with Crippen LogP contribution in [0.3, 0.4) is 0 Å². The minimum Gasteiger partial charge on any atom is -0.369 e. The summed E-state index contributed by atoms with van der Waals surface area (Å²) >= 11 is 5.94. The highest BCUT2D eigenvalue weighted by molar-refractivity contribution is 6.30. The summed E-state index contributed by atoms with van der Waals surface area (Å²) in [5.74, 6) is 0. The first-order chi connectivity index (χ1) is 9.70. The SMILES string of the molecule is CCCNCC(C)N1CCN(c2ccc(Cl)cc2)CC1. The van der Waals surface area contributed by atoms with E-state index < -0.39 is 0 Å². The van der Waals surface area contributed by atoms with Crippen molar-refractivity contribution < 1.29 is 0 Å². The minimum atomic E-state index is 0.619. The van der Waals surface area contributed by atoms with Crippen LogP contribution in [0, 0.1) is 0 Å². The lowest BCUT2D eigenvalue weighted by Gasteiger charge is -2.39. The van der Waals surface area contributed by atoms with E-state index in [4.69, 9.17) is 11.6 Å². The van der Waals surface area contributed by atoms with E-state index in [1.165, 1.54) is 12.1 Å². The number of nitrogens with one attached hydrogen (secondary N) is 1. The van der Waals surface area contributed by atoms with Gasteiger partial charge in [0.15, 0.2) is 0 Å². The van der Waals surface area contributed by atoms with Crippen molar-refractivity contribution in [3.05, 3.63) is 29.3 Å². The molecule has 1 heterocycles. The van der Waals surface area contributed by atoms with Crippen molar-refractivity contribution in [2.45, 2.75) is 26.3 Å². The van der Waals surface area contributed by atoms with E-state index in [-0.39, 0.29) is 0 Å². The van der Waals surface area contributed by atoms with Crippen LogP contribution in [0.2, 0.25) is 5.02 Å². The molecule has 1 aromatic rings. The highest BCUT2D eigenvalue weighted by Gasteiger charge is 2.20. The Morgan fingerprint density at radius 2 is 1.80 bits per heavy atom. The normalized spacial score (nSPS) is 18.2. The standard InChI is InChI=1S/C16H26ClN3/c1-3-8-18-13-14(2)19-9-11-20(12-10-19)16-6-4-15(17)5-7-16/h4-7,14,18H,3,8-13H2,1-2H3. The number of halogens is 1. The molecule has 0 saturated carbocycles. The van der Waals surface area contributed by atoms with Gasteiger partial charge in [-0.3, -0.25) is 4.90 Å². The van der Waals surface area contributed by atoms with E-state index in [1.807, 2.05) is 12.1 Å². The molecule has 0 bridgehead atoms. The van der Waals surface area contributed by atoms with Crippen LogP contribution in [0.25, 0.3) is 0 Å². The summed E-state index contributed by atoms with van der Waals surface area (Å²) in [6, 6.07) is 8.80. The number of rotatable bonds is 6. The molecule has 1 N–H and O–H groups in total. The highest BCUT2D eigenvalue weighted by Crippen LogP contribution is 2.19. The second kappa shape index (κ2) is 7.87. The molecule has 20 heavy (non-hydrogen) atoms. The summed E-state index contributed by atoms with van der Waals surface area (Å²) in [6.07, 6.45) is 1.21. The van der Waals surface area contributed by atoms with Crippen LogP contribution in [0.15, 0.2) is 24.3 Å². The summed E-state index contributed by atoms with van der Waals surface area (Å²) in [4.78, 5) is 5.02. The Bertz CT molecular complexity index is 385. The molecule has 2 rings (SSSR count). The number of benzene rings is 1. The van der Waals surface area contributed by atoms with Crippen LogP contribution >= 0.6 is 11.6 Å². The van der Waals surface area contributed by atoms with Gasteiger partial charge in [0.1, 0.15) is 0 Å². The molecule has 0 radical (unpaired) electrons. The lowest BCUT2D eigenvalue weighted by molar-refractivity contribution is 0.193. The lowest BCUT2D eigenvalue weighted by Crippen LogP contribution is -2.52.